The molecule has 4 aromatic rings. The summed E-state index contributed by atoms with van der Waals surface area (Å²) >= 11 is 0. The molecule has 10 nitrogen and oxygen atoms in total. The number of nitrogens with one attached hydrogen (secondary N) is 1. The van der Waals surface area contributed by atoms with Crippen LogP contribution in [0, 0.1) is 5.41 Å². The van der Waals surface area contributed by atoms with Crippen molar-refractivity contribution in [1.29, 1.82) is 5.41 Å². The van der Waals surface area contributed by atoms with Crippen molar-refractivity contribution in [2.45, 2.75) is 37.5 Å². The second-order valence-electron chi connectivity index (χ2n) is 10.2. The number of nitrogens with zero attached hydrogens (tertiary/aromatic N) is 3. The fourth-order valence-corrected chi connectivity index (χ4v) is 6.93. The second kappa shape index (κ2) is 14.2. The number of halogens is 1. The predicted molar refractivity (Wildman–Crippen MR) is 181 cm³/mol. The Hall–Kier alpha value is -4.04. The number of hydrogen-bond acceptors (Lipinski definition) is 7. The quantitative estimate of drug-likeness (QED) is 0.103. The molecule has 1 aromatic heterocycles. The minimum atomic E-state index is -4.20. The van der Waals surface area contributed by atoms with E-state index in [0.717, 1.165) is 27.5 Å². The Morgan fingerprint density at radius 2 is 1.86 bits per heavy atom. The molecule has 3 N–H and O–H groups in total. The van der Waals surface area contributed by atoms with Gasteiger partial charge in [-0.15, -0.1) is 24.0 Å². The number of amidine groups is 1. The van der Waals surface area contributed by atoms with Gasteiger partial charge in [0, 0.05) is 47.4 Å². The number of anilines is 2. The smallest absolute Gasteiger partial charge is 0.326 e. The van der Waals surface area contributed by atoms with E-state index < -0.39 is 22.5 Å². The summed E-state index contributed by atoms with van der Waals surface area (Å²) in [4.78, 5) is 31.8. The highest BCUT2D eigenvalue weighted by atomic mass is 127. The third-order valence-electron chi connectivity index (χ3n) is 7.45. The van der Waals surface area contributed by atoms with Crippen molar-refractivity contribution >= 4 is 73.9 Å². The molecule has 44 heavy (non-hydrogen) atoms. The number of ether oxygens (including phenoxy) is 1. The number of aryl methyl sites for hydroxylation is 2. The third-order valence-corrected chi connectivity index (χ3v) is 9.28. The summed E-state index contributed by atoms with van der Waals surface area (Å²) in [6, 6.07) is 19.0. The van der Waals surface area contributed by atoms with Crippen LogP contribution in [-0.4, -0.2) is 50.8 Å². The highest BCUT2D eigenvalue weighted by Gasteiger charge is 2.31. The monoisotopic (exact) mass is 727 g/mol. The minimum absolute atomic E-state index is 0. The number of carbonyl (C=O) groups is 2. The molecule has 12 heteroatoms. The number of amides is 1. The van der Waals surface area contributed by atoms with Crippen LogP contribution in [0.3, 0.4) is 0 Å². The summed E-state index contributed by atoms with van der Waals surface area (Å²) in [5, 5.41) is 8.70. The molecule has 0 atom stereocenters. The second-order valence-corrected chi connectivity index (χ2v) is 12.1. The highest BCUT2D eigenvalue weighted by molar-refractivity contribution is 14.0. The van der Waals surface area contributed by atoms with E-state index in [1.165, 1.54) is 12.3 Å². The molecule has 2 heterocycles. The lowest BCUT2D eigenvalue weighted by Crippen LogP contribution is -2.38. The molecule has 0 saturated heterocycles. The van der Waals surface area contributed by atoms with E-state index in [-0.39, 0.29) is 47.2 Å². The lowest BCUT2D eigenvalue weighted by molar-refractivity contribution is -0.141. The lowest BCUT2D eigenvalue weighted by Gasteiger charge is -2.31. The molecule has 5 rings (SSSR count). The Balaban J connectivity index is 0.00000442. The summed E-state index contributed by atoms with van der Waals surface area (Å²) in [7, 11) is -4.20. The van der Waals surface area contributed by atoms with Gasteiger partial charge in [-0.1, -0.05) is 36.4 Å². The molecule has 3 aromatic carbocycles. The first-order valence-corrected chi connectivity index (χ1v) is 15.5. The predicted octanol–water partition coefficient (Wildman–Crippen LogP) is 4.81. The van der Waals surface area contributed by atoms with E-state index in [9.17, 15) is 18.0 Å². The van der Waals surface area contributed by atoms with Gasteiger partial charge in [-0.05, 0) is 67.6 Å². The van der Waals surface area contributed by atoms with E-state index in [1.54, 1.807) is 66.6 Å². The van der Waals surface area contributed by atoms with Crippen LogP contribution in [0.1, 0.15) is 36.5 Å². The van der Waals surface area contributed by atoms with Gasteiger partial charge in [0.15, 0.2) is 0 Å². The average molecular weight is 728 g/mol. The number of nitrogen functional groups attached to an aromatic ring is 1. The van der Waals surface area contributed by atoms with Gasteiger partial charge in [-0.2, -0.15) is 0 Å². The van der Waals surface area contributed by atoms with Gasteiger partial charge in [0.05, 0.1) is 17.2 Å². The summed E-state index contributed by atoms with van der Waals surface area (Å²) in [5.41, 5.74) is 9.01. The van der Waals surface area contributed by atoms with Crippen LogP contribution in [-0.2, 0) is 37.2 Å². The first-order valence-electron chi connectivity index (χ1n) is 14.1. The number of fused-ring (bicyclic) bond motifs is 2. The molecule has 0 aliphatic carbocycles. The molecule has 0 fully saturated rings. The van der Waals surface area contributed by atoms with E-state index >= 15 is 0 Å². The van der Waals surface area contributed by atoms with Gasteiger partial charge in [0.2, 0.25) is 5.91 Å². The van der Waals surface area contributed by atoms with Crippen LogP contribution >= 0.6 is 24.0 Å². The fourth-order valence-electron chi connectivity index (χ4n) is 5.31. The van der Waals surface area contributed by atoms with Crippen molar-refractivity contribution in [3.8, 4) is 0 Å². The Bertz CT molecular complexity index is 1790. The number of aromatic nitrogens is 1. The molecule has 1 aliphatic heterocycles. The molecule has 1 amide bonds. The molecule has 0 unspecified atom stereocenters. The minimum Gasteiger partial charge on any atom is -0.465 e. The molecule has 0 spiro atoms. The number of rotatable bonds is 10. The van der Waals surface area contributed by atoms with Crippen molar-refractivity contribution in [3.05, 3.63) is 95.8 Å². The molecule has 0 radical (unpaired) electrons. The number of pyridine rings is 1. The Labute approximate surface area is 273 Å². The van der Waals surface area contributed by atoms with Crippen LogP contribution in [0.15, 0.2) is 84.0 Å². The normalized spacial score (nSPS) is 12.6. The number of esters is 1. The fraction of sp³-hybridized carbons (Fsp3) is 0.250. The van der Waals surface area contributed by atoms with Crippen molar-refractivity contribution in [2.24, 2.45) is 5.73 Å². The molecule has 0 saturated carbocycles. The SMILES string of the molecule is CCOC(=O)CN(c1ccc2c(c1)CCCN2C(=O)CCc1ccc(C(=N)N)cc1)S(=O)(=O)c1cccc2cnccc12.I. The van der Waals surface area contributed by atoms with Crippen LogP contribution in [0.5, 0.6) is 0 Å². The Morgan fingerprint density at radius 3 is 2.59 bits per heavy atom. The van der Waals surface area contributed by atoms with E-state index in [4.69, 9.17) is 15.9 Å². The first kappa shape index (κ1) is 32.9. The van der Waals surface area contributed by atoms with Gasteiger partial charge in [0.25, 0.3) is 10.0 Å². The van der Waals surface area contributed by atoms with Crippen molar-refractivity contribution in [1.82, 2.24) is 4.98 Å². The summed E-state index contributed by atoms with van der Waals surface area (Å²) in [5.74, 6) is -0.710. The van der Waals surface area contributed by atoms with Crippen molar-refractivity contribution in [3.63, 3.8) is 0 Å². The van der Waals surface area contributed by atoms with Gasteiger partial charge in [-0.3, -0.25) is 24.3 Å². The summed E-state index contributed by atoms with van der Waals surface area (Å²) in [6.45, 7) is 1.85. The summed E-state index contributed by atoms with van der Waals surface area (Å²) in [6.07, 6.45) is 5.33. The van der Waals surface area contributed by atoms with Crippen LogP contribution < -0.4 is 14.9 Å². The number of nitrogens with two attached hydrogens (primary N) is 1. The van der Waals surface area contributed by atoms with Crippen LogP contribution in [0.2, 0.25) is 0 Å². The summed E-state index contributed by atoms with van der Waals surface area (Å²) < 4.78 is 34.4. The number of carbonyl (C=O) groups excluding carboxylic acids is 2. The average Bonchev–Trinajstić information content (AvgIpc) is 3.01. The Morgan fingerprint density at radius 1 is 1.09 bits per heavy atom. The molecule has 1 aliphatic rings. The van der Waals surface area contributed by atoms with Crippen LogP contribution in [0.25, 0.3) is 10.8 Å². The molecular formula is C32H34IN5O5S. The molecule has 230 valence electrons. The Kier molecular flexibility index (Phi) is 10.6. The van der Waals surface area contributed by atoms with Gasteiger partial charge in [0.1, 0.15) is 12.4 Å². The van der Waals surface area contributed by atoms with Crippen molar-refractivity contribution < 1.29 is 22.7 Å². The van der Waals surface area contributed by atoms with Gasteiger partial charge >= 0.3 is 5.97 Å². The zero-order valence-corrected chi connectivity index (χ0v) is 27.4. The standard InChI is InChI=1S/C32H33N5O5S.HI/c1-2-42-31(39)21-37(43(40,41)29-7-3-5-25-20-35-17-16-27(25)29)26-13-14-28-24(19-26)6-4-18-36(28)30(38)15-10-22-8-11-23(12-9-22)32(33)34;/h3,5,7-9,11-14,16-17,19-20H,2,4,6,10,15,18,21H2,1H3,(H3,33,34);1H. The number of sulfonamides is 1. The van der Waals surface area contributed by atoms with E-state index in [0.29, 0.717) is 47.8 Å². The zero-order valence-electron chi connectivity index (χ0n) is 24.2. The van der Waals surface area contributed by atoms with Crippen LogP contribution in [0.4, 0.5) is 11.4 Å². The molecule has 0 bridgehead atoms. The van der Waals surface area contributed by atoms with E-state index in [1.807, 2.05) is 12.1 Å². The topological polar surface area (TPSA) is 147 Å². The number of benzene rings is 3. The third kappa shape index (κ3) is 7.02. The maximum atomic E-state index is 14.1. The van der Waals surface area contributed by atoms with E-state index in [2.05, 4.69) is 4.98 Å². The maximum Gasteiger partial charge on any atom is 0.326 e. The van der Waals surface area contributed by atoms with Crippen molar-refractivity contribution in [2.75, 3.05) is 28.9 Å². The number of hydrogen-bond donors (Lipinski definition) is 2. The zero-order chi connectivity index (χ0) is 30.6. The largest absolute Gasteiger partial charge is 0.465 e. The van der Waals surface area contributed by atoms with Gasteiger partial charge < -0.3 is 15.4 Å². The van der Waals surface area contributed by atoms with Gasteiger partial charge in [-0.25, -0.2) is 8.42 Å². The lowest BCUT2D eigenvalue weighted by atomic mass is 9.99. The maximum absolute atomic E-state index is 14.1. The highest BCUT2D eigenvalue weighted by Crippen LogP contribution is 2.35. The molecular weight excluding hydrogens is 693 g/mol. The first-order chi connectivity index (χ1) is 20.7.